The average molecular weight is 370 g/mol. The van der Waals surface area contributed by atoms with Crippen molar-refractivity contribution in [3.63, 3.8) is 0 Å². The first-order chi connectivity index (χ1) is 10.1. The van der Waals surface area contributed by atoms with Crippen LogP contribution in [0.5, 0.6) is 11.5 Å². The van der Waals surface area contributed by atoms with Gasteiger partial charge in [-0.05, 0) is 66.0 Å². The first-order valence-electron chi connectivity index (χ1n) is 6.97. The van der Waals surface area contributed by atoms with Gasteiger partial charge in [0.05, 0.1) is 23.0 Å². The third-order valence-electron chi connectivity index (χ3n) is 3.19. The van der Waals surface area contributed by atoms with Gasteiger partial charge in [0.2, 0.25) is 0 Å². The topological polar surface area (TPSA) is 44.5 Å². The maximum absolute atomic E-state index is 6.41. The minimum absolute atomic E-state index is 0.164. The van der Waals surface area contributed by atoms with E-state index in [4.69, 9.17) is 15.2 Å². The summed E-state index contributed by atoms with van der Waals surface area (Å²) in [6, 6.07) is 7.83. The van der Waals surface area contributed by atoms with Gasteiger partial charge in [-0.2, -0.15) is 0 Å². The Bertz CT molecular complexity index is 612. The van der Waals surface area contributed by atoms with Crippen LogP contribution in [0.2, 0.25) is 0 Å². The number of thiophene rings is 1. The fourth-order valence-corrected chi connectivity index (χ4v) is 3.97. The van der Waals surface area contributed by atoms with Crippen LogP contribution in [0.3, 0.4) is 0 Å². The summed E-state index contributed by atoms with van der Waals surface area (Å²) < 4.78 is 12.3. The number of rotatable bonds is 6. The Balaban J connectivity index is 2.35. The molecule has 0 aliphatic carbocycles. The van der Waals surface area contributed by atoms with Gasteiger partial charge in [-0.25, -0.2) is 0 Å². The molecule has 2 N–H and O–H groups in total. The second kappa shape index (κ2) is 7.29. The van der Waals surface area contributed by atoms with Crippen LogP contribution in [0.15, 0.2) is 28.1 Å². The van der Waals surface area contributed by atoms with E-state index in [9.17, 15) is 0 Å². The summed E-state index contributed by atoms with van der Waals surface area (Å²) in [6.07, 6.45) is 0. The molecule has 5 heteroatoms. The number of aryl methyl sites for hydroxylation is 1. The highest BCUT2D eigenvalue weighted by Gasteiger charge is 2.16. The van der Waals surface area contributed by atoms with E-state index in [1.807, 2.05) is 32.0 Å². The third kappa shape index (κ3) is 3.78. The van der Waals surface area contributed by atoms with E-state index < -0.39 is 0 Å². The van der Waals surface area contributed by atoms with Gasteiger partial charge in [0.1, 0.15) is 0 Å². The Morgan fingerprint density at radius 1 is 1.14 bits per heavy atom. The van der Waals surface area contributed by atoms with Gasteiger partial charge in [-0.1, -0.05) is 6.07 Å². The van der Waals surface area contributed by atoms with Crippen molar-refractivity contribution in [1.29, 1.82) is 0 Å². The minimum Gasteiger partial charge on any atom is -0.490 e. The Morgan fingerprint density at radius 2 is 1.81 bits per heavy atom. The zero-order valence-electron chi connectivity index (χ0n) is 12.5. The van der Waals surface area contributed by atoms with Crippen molar-refractivity contribution in [3.8, 4) is 11.5 Å². The molecule has 1 aromatic heterocycles. The fourth-order valence-electron chi connectivity index (χ4n) is 2.21. The smallest absolute Gasteiger partial charge is 0.161 e. The Morgan fingerprint density at radius 3 is 2.38 bits per heavy atom. The lowest BCUT2D eigenvalue weighted by Gasteiger charge is -2.16. The monoisotopic (exact) mass is 369 g/mol. The molecule has 114 valence electrons. The quantitative estimate of drug-likeness (QED) is 0.804. The van der Waals surface area contributed by atoms with Crippen molar-refractivity contribution in [2.24, 2.45) is 5.73 Å². The number of hydrogen-bond donors (Lipinski definition) is 1. The summed E-state index contributed by atoms with van der Waals surface area (Å²) in [7, 11) is 0. The first-order valence-corrected chi connectivity index (χ1v) is 8.58. The number of hydrogen-bond acceptors (Lipinski definition) is 4. The van der Waals surface area contributed by atoms with Gasteiger partial charge < -0.3 is 15.2 Å². The molecule has 0 saturated heterocycles. The summed E-state index contributed by atoms with van der Waals surface area (Å²) in [6.45, 7) is 7.22. The van der Waals surface area contributed by atoms with Crippen molar-refractivity contribution in [2.45, 2.75) is 26.8 Å². The van der Waals surface area contributed by atoms with Crippen LogP contribution in [0.4, 0.5) is 0 Å². The molecular weight excluding hydrogens is 350 g/mol. The number of halogens is 1. The SMILES string of the molecule is CCOc1ccc(C(N)c2cc(Br)sc2C)cc1OCC. The zero-order valence-corrected chi connectivity index (χ0v) is 14.9. The minimum atomic E-state index is -0.164. The normalized spacial score (nSPS) is 12.2. The van der Waals surface area contributed by atoms with E-state index in [2.05, 4.69) is 28.9 Å². The predicted molar refractivity (Wildman–Crippen MR) is 91.6 cm³/mol. The molecule has 0 radical (unpaired) electrons. The molecule has 21 heavy (non-hydrogen) atoms. The Kier molecular flexibility index (Phi) is 5.67. The molecule has 2 rings (SSSR count). The van der Waals surface area contributed by atoms with Crippen molar-refractivity contribution >= 4 is 27.3 Å². The molecule has 2 aromatic rings. The molecule has 1 heterocycles. The van der Waals surface area contributed by atoms with Crippen LogP contribution in [0, 0.1) is 6.92 Å². The van der Waals surface area contributed by atoms with E-state index in [1.54, 1.807) is 11.3 Å². The van der Waals surface area contributed by atoms with Gasteiger partial charge in [0, 0.05) is 4.88 Å². The molecule has 3 nitrogen and oxygen atoms in total. The molecule has 1 atom stereocenters. The molecule has 0 fully saturated rings. The van der Waals surface area contributed by atoms with Gasteiger partial charge >= 0.3 is 0 Å². The summed E-state index contributed by atoms with van der Waals surface area (Å²) in [5.74, 6) is 1.51. The largest absolute Gasteiger partial charge is 0.490 e. The molecule has 0 bridgehead atoms. The molecule has 0 amide bonds. The molecular formula is C16H20BrNO2S. The van der Waals surface area contributed by atoms with Crippen LogP contribution >= 0.6 is 27.3 Å². The van der Waals surface area contributed by atoms with Crippen molar-refractivity contribution < 1.29 is 9.47 Å². The van der Waals surface area contributed by atoms with Crippen molar-refractivity contribution in [2.75, 3.05) is 13.2 Å². The van der Waals surface area contributed by atoms with Gasteiger partial charge in [-0.3, -0.25) is 0 Å². The van der Waals surface area contributed by atoms with Crippen molar-refractivity contribution in [1.82, 2.24) is 0 Å². The van der Waals surface area contributed by atoms with E-state index in [1.165, 1.54) is 4.88 Å². The van der Waals surface area contributed by atoms with Gasteiger partial charge in [-0.15, -0.1) is 11.3 Å². The molecule has 0 aliphatic heterocycles. The third-order valence-corrected chi connectivity index (χ3v) is 4.76. The van der Waals surface area contributed by atoms with Crippen LogP contribution in [0.1, 0.15) is 35.9 Å². The van der Waals surface area contributed by atoms with Crippen LogP contribution in [-0.2, 0) is 0 Å². The molecule has 0 saturated carbocycles. The van der Waals surface area contributed by atoms with Crippen LogP contribution in [0.25, 0.3) is 0 Å². The van der Waals surface area contributed by atoms with Crippen LogP contribution in [-0.4, -0.2) is 13.2 Å². The van der Waals surface area contributed by atoms with Gasteiger partial charge in [0.25, 0.3) is 0 Å². The molecule has 1 unspecified atom stereocenters. The Hall–Kier alpha value is -1.04. The maximum Gasteiger partial charge on any atom is 0.161 e. The zero-order chi connectivity index (χ0) is 15.4. The molecule has 1 aromatic carbocycles. The maximum atomic E-state index is 6.41. The highest BCUT2D eigenvalue weighted by atomic mass is 79.9. The van der Waals surface area contributed by atoms with E-state index >= 15 is 0 Å². The summed E-state index contributed by atoms with van der Waals surface area (Å²) >= 11 is 5.21. The Labute approximate surface area is 138 Å². The lowest BCUT2D eigenvalue weighted by Crippen LogP contribution is -2.12. The number of nitrogens with two attached hydrogens (primary N) is 1. The van der Waals surface area contributed by atoms with E-state index in [-0.39, 0.29) is 6.04 Å². The van der Waals surface area contributed by atoms with Gasteiger partial charge in [0.15, 0.2) is 11.5 Å². The van der Waals surface area contributed by atoms with Crippen LogP contribution < -0.4 is 15.2 Å². The number of ether oxygens (including phenoxy) is 2. The first kappa shape index (κ1) is 16.3. The summed E-state index contributed by atoms with van der Waals surface area (Å²) in [5.41, 5.74) is 8.57. The van der Waals surface area contributed by atoms with E-state index in [0.717, 1.165) is 26.4 Å². The predicted octanol–water partition coefficient (Wildman–Crippen LogP) is 4.66. The van der Waals surface area contributed by atoms with E-state index in [0.29, 0.717) is 13.2 Å². The lowest BCUT2D eigenvalue weighted by molar-refractivity contribution is 0.287. The fraction of sp³-hybridized carbons (Fsp3) is 0.375. The number of benzene rings is 1. The molecule has 0 aliphatic rings. The summed E-state index contributed by atoms with van der Waals surface area (Å²) in [4.78, 5) is 1.22. The average Bonchev–Trinajstić information content (AvgIpc) is 2.79. The second-order valence-electron chi connectivity index (χ2n) is 4.61. The molecule has 0 spiro atoms. The summed E-state index contributed by atoms with van der Waals surface area (Å²) in [5, 5.41) is 0. The standard InChI is InChI=1S/C16H20BrNO2S/c1-4-19-13-7-6-11(8-14(13)20-5-2)16(18)12-9-15(17)21-10(12)3/h6-9,16H,4-5,18H2,1-3H3. The highest BCUT2D eigenvalue weighted by Crippen LogP contribution is 2.36. The highest BCUT2D eigenvalue weighted by molar-refractivity contribution is 9.11. The second-order valence-corrected chi connectivity index (χ2v) is 7.25. The lowest BCUT2D eigenvalue weighted by atomic mass is 10.00. The van der Waals surface area contributed by atoms with Crippen molar-refractivity contribution in [3.05, 3.63) is 44.1 Å².